The molecule has 4 rings (SSSR count). The Hall–Kier alpha value is -4.57. The van der Waals surface area contributed by atoms with Gasteiger partial charge in [-0.15, -0.1) is 6.42 Å². The fraction of sp³-hybridized carbons (Fsp3) is 0.417. The molecule has 7 nitrogen and oxygen atoms in total. The topological polar surface area (TPSA) is 91.6 Å². The number of alkyl halides is 3. The number of nitrogens with one attached hydrogen (secondary N) is 1. The van der Waals surface area contributed by atoms with Gasteiger partial charge in [-0.25, -0.2) is 13.2 Å². The fourth-order valence-electron chi connectivity index (χ4n) is 6.61. The highest BCUT2D eigenvalue weighted by molar-refractivity contribution is 5.83. The van der Waals surface area contributed by atoms with Crippen LogP contribution >= 0.6 is 0 Å². The molecule has 2 aromatic carbocycles. The number of aliphatic carboxylic acids is 1. The van der Waals surface area contributed by atoms with Crippen molar-refractivity contribution in [3.8, 4) is 23.5 Å². The van der Waals surface area contributed by atoms with Crippen LogP contribution in [0, 0.1) is 55.5 Å². The SMILES string of the molecule is C#Cc1cc(F)c([C@@H](CC(=O)O)NC(=O)[C@H](CC(C)C)n2cc(CC3CN(C)C3)c(C(F)(F)F)cc2=O)c(F)c1-c1c(C)cc(F)cc1C. The molecule has 262 valence electrons. The minimum absolute atomic E-state index is 0.0138. The van der Waals surface area contributed by atoms with Crippen molar-refractivity contribution >= 4 is 11.9 Å². The third-order valence-electron chi connectivity index (χ3n) is 8.65. The number of carboxylic acids is 1. The first-order chi connectivity index (χ1) is 22.8. The van der Waals surface area contributed by atoms with E-state index in [-0.39, 0.29) is 58.1 Å². The summed E-state index contributed by atoms with van der Waals surface area (Å²) in [6.45, 7) is 7.45. The summed E-state index contributed by atoms with van der Waals surface area (Å²) in [6, 6.07) is 0.180. The molecule has 1 aliphatic rings. The molecule has 2 atom stereocenters. The lowest BCUT2D eigenvalue weighted by atomic mass is 9.88. The number of amides is 1. The highest BCUT2D eigenvalue weighted by atomic mass is 19.4. The molecular weight excluding hydrogens is 652 g/mol. The second-order valence-electron chi connectivity index (χ2n) is 13.1. The summed E-state index contributed by atoms with van der Waals surface area (Å²) >= 11 is 0. The molecule has 49 heavy (non-hydrogen) atoms. The maximum absolute atomic E-state index is 16.5. The molecule has 0 radical (unpaired) electrons. The molecular formula is C36H37F6N3O4. The van der Waals surface area contributed by atoms with Crippen molar-refractivity contribution in [2.45, 2.75) is 65.2 Å². The van der Waals surface area contributed by atoms with Gasteiger partial charge in [0.1, 0.15) is 23.5 Å². The number of halogens is 6. The number of nitrogens with zero attached hydrogens (tertiary/aromatic N) is 2. The number of likely N-dealkylation sites (tertiary alicyclic amines) is 1. The number of rotatable bonds is 11. The van der Waals surface area contributed by atoms with E-state index in [1.807, 2.05) is 11.9 Å². The van der Waals surface area contributed by atoms with Crippen molar-refractivity contribution in [1.29, 1.82) is 0 Å². The van der Waals surface area contributed by atoms with Crippen LogP contribution in [0.5, 0.6) is 0 Å². The zero-order valence-corrected chi connectivity index (χ0v) is 27.6. The first-order valence-electron chi connectivity index (χ1n) is 15.6. The van der Waals surface area contributed by atoms with Gasteiger partial charge in [-0.1, -0.05) is 19.8 Å². The first kappa shape index (κ1) is 37.3. The lowest BCUT2D eigenvalue weighted by molar-refractivity contribution is -0.139. The number of pyridine rings is 1. The van der Waals surface area contributed by atoms with Crippen molar-refractivity contribution < 1.29 is 41.0 Å². The lowest BCUT2D eigenvalue weighted by Gasteiger charge is -2.37. The van der Waals surface area contributed by atoms with E-state index in [0.29, 0.717) is 19.2 Å². The summed E-state index contributed by atoms with van der Waals surface area (Å²) in [5.41, 5.74) is -3.16. The minimum atomic E-state index is -4.84. The monoisotopic (exact) mass is 689 g/mol. The Morgan fingerprint density at radius 2 is 1.67 bits per heavy atom. The third-order valence-corrected chi connectivity index (χ3v) is 8.65. The first-order valence-corrected chi connectivity index (χ1v) is 15.6. The maximum atomic E-state index is 16.5. The number of carboxylic acid groups (broad SMARTS) is 1. The molecule has 3 aromatic rings. The van der Waals surface area contributed by atoms with E-state index in [1.54, 1.807) is 13.8 Å². The van der Waals surface area contributed by atoms with Crippen LogP contribution in [-0.4, -0.2) is 46.6 Å². The summed E-state index contributed by atoms with van der Waals surface area (Å²) in [6.07, 6.45) is 0.639. The molecule has 0 aliphatic carbocycles. The third kappa shape index (κ3) is 8.19. The highest BCUT2D eigenvalue weighted by Crippen LogP contribution is 2.39. The van der Waals surface area contributed by atoms with Gasteiger partial charge < -0.3 is 19.9 Å². The van der Waals surface area contributed by atoms with Crippen LogP contribution in [0.2, 0.25) is 0 Å². The average molecular weight is 690 g/mol. The van der Waals surface area contributed by atoms with Gasteiger partial charge >= 0.3 is 12.1 Å². The largest absolute Gasteiger partial charge is 0.481 e. The van der Waals surface area contributed by atoms with Gasteiger partial charge in [-0.05, 0) is 86.0 Å². The average Bonchev–Trinajstić information content (AvgIpc) is 2.95. The summed E-state index contributed by atoms with van der Waals surface area (Å²) in [7, 11) is 1.81. The molecule has 1 amide bonds. The van der Waals surface area contributed by atoms with Crippen LogP contribution in [0.3, 0.4) is 0 Å². The van der Waals surface area contributed by atoms with Gasteiger partial charge in [0.05, 0.1) is 18.0 Å². The van der Waals surface area contributed by atoms with E-state index >= 15 is 8.78 Å². The van der Waals surface area contributed by atoms with Gasteiger partial charge in [-0.3, -0.25) is 14.4 Å². The van der Waals surface area contributed by atoms with Gasteiger partial charge in [0.25, 0.3) is 5.56 Å². The number of hydrogen-bond acceptors (Lipinski definition) is 4. The van der Waals surface area contributed by atoms with Crippen LogP contribution in [0.15, 0.2) is 35.3 Å². The summed E-state index contributed by atoms with van der Waals surface area (Å²) in [4.78, 5) is 41.1. The summed E-state index contributed by atoms with van der Waals surface area (Å²) in [5.74, 6) is -3.95. The number of terminal acetylenes is 1. The van der Waals surface area contributed by atoms with Gasteiger partial charge in [0.2, 0.25) is 5.91 Å². The van der Waals surface area contributed by atoms with Crippen LogP contribution in [0.25, 0.3) is 11.1 Å². The van der Waals surface area contributed by atoms with Crippen LogP contribution in [0.1, 0.15) is 72.2 Å². The Morgan fingerprint density at radius 3 is 2.18 bits per heavy atom. The Labute approximate surface area is 279 Å². The lowest BCUT2D eigenvalue weighted by Crippen LogP contribution is -2.45. The molecule has 1 saturated heterocycles. The molecule has 13 heteroatoms. The minimum Gasteiger partial charge on any atom is -0.481 e. The van der Waals surface area contributed by atoms with E-state index < -0.39 is 70.7 Å². The quantitative estimate of drug-likeness (QED) is 0.176. The zero-order chi connectivity index (χ0) is 36.5. The van der Waals surface area contributed by atoms with E-state index in [4.69, 9.17) is 6.42 Å². The number of carbonyl (C=O) groups excluding carboxylic acids is 1. The van der Waals surface area contributed by atoms with E-state index in [2.05, 4.69) is 11.2 Å². The molecule has 0 saturated carbocycles. The van der Waals surface area contributed by atoms with E-state index in [0.717, 1.165) is 29.0 Å². The van der Waals surface area contributed by atoms with Crippen LogP contribution in [0.4, 0.5) is 26.3 Å². The van der Waals surface area contributed by atoms with E-state index in [9.17, 15) is 37.1 Å². The van der Waals surface area contributed by atoms with E-state index in [1.165, 1.54) is 13.8 Å². The van der Waals surface area contributed by atoms with Crippen molar-refractivity contribution in [3.63, 3.8) is 0 Å². The molecule has 1 fully saturated rings. The van der Waals surface area contributed by atoms with Crippen LogP contribution < -0.4 is 10.9 Å². The molecule has 0 unspecified atom stereocenters. The van der Waals surface area contributed by atoms with Crippen molar-refractivity contribution in [3.05, 3.63) is 91.6 Å². The molecule has 1 aliphatic heterocycles. The number of aryl methyl sites for hydroxylation is 2. The Kier molecular flexibility index (Phi) is 11.0. The number of carbonyl (C=O) groups is 2. The van der Waals surface area contributed by atoms with Gasteiger partial charge in [-0.2, -0.15) is 13.2 Å². The number of benzene rings is 2. The number of aromatic nitrogens is 1. The van der Waals surface area contributed by atoms with Crippen LogP contribution in [-0.2, 0) is 22.2 Å². The van der Waals surface area contributed by atoms with Crippen molar-refractivity contribution in [2.75, 3.05) is 20.1 Å². The highest BCUT2D eigenvalue weighted by Gasteiger charge is 2.38. The smallest absolute Gasteiger partial charge is 0.416 e. The predicted octanol–water partition coefficient (Wildman–Crippen LogP) is 6.57. The van der Waals surface area contributed by atoms with Gasteiger partial charge in [0, 0.05) is 42.0 Å². The molecule has 2 heterocycles. The molecule has 2 N–H and O–H groups in total. The normalized spacial score (nSPS) is 15.1. The number of hydrogen-bond donors (Lipinski definition) is 2. The van der Waals surface area contributed by atoms with Gasteiger partial charge in [0.15, 0.2) is 0 Å². The summed E-state index contributed by atoms with van der Waals surface area (Å²) in [5, 5.41) is 12.1. The molecule has 0 spiro atoms. The Bertz CT molecular complexity index is 1850. The Balaban J connectivity index is 1.84. The van der Waals surface area contributed by atoms with Crippen molar-refractivity contribution in [1.82, 2.24) is 14.8 Å². The molecule has 1 aromatic heterocycles. The fourth-order valence-corrected chi connectivity index (χ4v) is 6.61. The standard InChI is InChI=1S/C36H37F6N3O4/c1-7-22-12-26(38)33(34(39)32(22)31-19(4)9-24(37)10-20(31)5)27(14-30(47)48)43-35(49)28(8-18(2)3)45-17-23(11-21-15-44(6)16-21)25(13-29(45)46)36(40,41)42/h1,9-10,12-13,17-18,21,27-28H,8,11,14-16H2,2-6H3,(H,43,49)(H,47,48)/t27-,28+/m1/s1. The predicted molar refractivity (Wildman–Crippen MR) is 171 cm³/mol. The maximum Gasteiger partial charge on any atom is 0.416 e. The molecule has 0 bridgehead atoms. The second-order valence-corrected chi connectivity index (χ2v) is 13.1. The zero-order valence-electron chi connectivity index (χ0n) is 27.6. The Morgan fingerprint density at radius 1 is 1.06 bits per heavy atom. The summed E-state index contributed by atoms with van der Waals surface area (Å²) < 4.78 is 89.3. The second kappa shape index (κ2) is 14.5. The van der Waals surface area contributed by atoms with Crippen molar-refractivity contribution in [2.24, 2.45) is 11.8 Å².